The van der Waals surface area contributed by atoms with E-state index in [0.29, 0.717) is 29.4 Å². The highest BCUT2D eigenvalue weighted by atomic mass is 32.2. The second-order valence-electron chi connectivity index (χ2n) is 6.03. The van der Waals surface area contributed by atoms with Gasteiger partial charge in [-0.2, -0.15) is 0 Å². The highest BCUT2D eigenvalue weighted by molar-refractivity contribution is 7.99. The maximum absolute atomic E-state index is 11.9. The maximum Gasteiger partial charge on any atom is 0.338 e. The predicted octanol–water partition coefficient (Wildman–Crippen LogP) is 2.56. The number of hydrogen-bond acceptors (Lipinski definition) is 6. The van der Waals surface area contributed by atoms with Crippen LogP contribution in [0.4, 0.5) is 4.79 Å². The first-order chi connectivity index (χ1) is 12.8. The number of nitrogens with zero attached hydrogens (tertiary/aromatic N) is 2. The molecule has 27 heavy (non-hydrogen) atoms. The summed E-state index contributed by atoms with van der Waals surface area (Å²) >= 11 is 1.23. The van der Waals surface area contributed by atoms with E-state index in [4.69, 9.17) is 4.74 Å². The first-order valence-electron chi connectivity index (χ1n) is 8.76. The molecule has 0 fully saturated rings. The molecule has 1 aromatic carbocycles. The summed E-state index contributed by atoms with van der Waals surface area (Å²) in [5.41, 5.74) is 1.96. The predicted molar refractivity (Wildman–Crippen MR) is 104 cm³/mol. The SMILES string of the molecule is CCOC(=O)c1ccc2c(c1)nc(SCC(=O)NC(=O)NC(C)C)n2CC. The molecule has 0 atom stereocenters. The van der Waals surface area contributed by atoms with Gasteiger partial charge in [0.1, 0.15) is 0 Å². The van der Waals surface area contributed by atoms with Gasteiger partial charge in [0.25, 0.3) is 0 Å². The fraction of sp³-hybridized carbons (Fsp3) is 0.444. The Morgan fingerprint density at radius 3 is 2.63 bits per heavy atom. The molecule has 0 saturated carbocycles. The first kappa shape index (κ1) is 20.8. The molecule has 146 valence electrons. The van der Waals surface area contributed by atoms with Gasteiger partial charge in [0, 0.05) is 12.6 Å². The summed E-state index contributed by atoms with van der Waals surface area (Å²) in [4.78, 5) is 39.9. The molecular weight excluding hydrogens is 368 g/mol. The number of esters is 1. The number of carbonyl (C=O) groups is 3. The van der Waals surface area contributed by atoms with Gasteiger partial charge in [0.15, 0.2) is 5.16 Å². The third-order valence-electron chi connectivity index (χ3n) is 3.55. The molecule has 0 radical (unpaired) electrons. The Morgan fingerprint density at radius 2 is 2.00 bits per heavy atom. The van der Waals surface area contributed by atoms with Gasteiger partial charge in [0.05, 0.1) is 29.0 Å². The second kappa shape index (κ2) is 9.40. The molecule has 0 aliphatic heterocycles. The van der Waals surface area contributed by atoms with Crippen molar-refractivity contribution in [3.8, 4) is 0 Å². The third-order valence-corrected chi connectivity index (χ3v) is 4.52. The number of carbonyl (C=O) groups excluding carboxylic acids is 3. The zero-order valence-corrected chi connectivity index (χ0v) is 16.7. The molecular formula is C18H24N4O4S. The molecule has 1 heterocycles. The molecule has 9 heteroatoms. The van der Waals surface area contributed by atoms with Crippen LogP contribution in [0, 0.1) is 0 Å². The fourth-order valence-corrected chi connectivity index (χ4v) is 3.33. The number of amides is 3. The summed E-state index contributed by atoms with van der Waals surface area (Å²) in [6.07, 6.45) is 0. The van der Waals surface area contributed by atoms with E-state index in [9.17, 15) is 14.4 Å². The Hall–Kier alpha value is -2.55. The van der Waals surface area contributed by atoms with Crippen LogP contribution in [0.25, 0.3) is 11.0 Å². The number of urea groups is 1. The van der Waals surface area contributed by atoms with Crippen LogP contribution in [0.15, 0.2) is 23.4 Å². The quantitative estimate of drug-likeness (QED) is 0.555. The van der Waals surface area contributed by atoms with Crippen molar-refractivity contribution < 1.29 is 19.1 Å². The lowest BCUT2D eigenvalue weighted by atomic mass is 10.2. The van der Waals surface area contributed by atoms with Gasteiger partial charge in [0.2, 0.25) is 5.91 Å². The molecule has 2 aromatic rings. The van der Waals surface area contributed by atoms with E-state index in [2.05, 4.69) is 15.6 Å². The highest BCUT2D eigenvalue weighted by Gasteiger charge is 2.16. The van der Waals surface area contributed by atoms with Crippen LogP contribution in [0.5, 0.6) is 0 Å². The normalized spacial score (nSPS) is 10.9. The third kappa shape index (κ3) is 5.46. The van der Waals surface area contributed by atoms with Crippen molar-refractivity contribution in [2.75, 3.05) is 12.4 Å². The van der Waals surface area contributed by atoms with Gasteiger partial charge in [-0.15, -0.1) is 0 Å². The second-order valence-corrected chi connectivity index (χ2v) is 6.97. The Balaban J connectivity index is 2.12. The maximum atomic E-state index is 11.9. The van der Waals surface area contributed by atoms with E-state index < -0.39 is 17.9 Å². The number of thioether (sulfide) groups is 1. The smallest absolute Gasteiger partial charge is 0.338 e. The van der Waals surface area contributed by atoms with Gasteiger partial charge in [-0.1, -0.05) is 11.8 Å². The average Bonchev–Trinajstić information content (AvgIpc) is 2.95. The average molecular weight is 392 g/mol. The van der Waals surface area contributed by atoms with E-state index in [-0.39, 0.29) is 11.8 Å². The van der Waals surface area contributed by atoms with Crippen LogP contribution in [0.3, 0.4) is 0 Å². The molecule has 8 nitrogen and oxygen atoms in total. The Kier molecular flexibility index (Phi) is 7.23. The summed E-state index contributed by atoms with van der Waals surface area (Å²) in [6, 6.07) is 4.63. The number of aryl methyl sites for hydroxylation is 1. The molecule has 0 spiro atoms. The van der Waals surface area contributed by atoms with Gasteiger partial charge >= 0.3 is 12.0 Å². The van der Waals surface area contributed by atoms with E-state index >= 15 is 0 Å². The van der Waals surface area contributed by atoms with Crippen molar-refractivity contribution in [1.82, 2.24) is 20.2 Å². The number of imide groups is 1. The summed E-state index contributed by atoms with van der Waals surface area (Å²) < 4.78 is 6.97. The monoisotopic (exact) mass is 392 g/mol. The number of nitrogens with one attached hydrogen (secondary N) is 2. The van der Waals surface area contributed by atoms with Crippen LogP contribution in [0.2, 0.25) is 0 Å². The molecule has 0 unspecified atom stereocenters. The van der Waals surface area contributed by atoms with Crippen molar-refractivity contribution >= 4 is 40.7 Å². The van der Waals surface area contributed by atoms with Crippen LogP contribution >= 0.6 is 11.8 Å². The van der Waals surface area contributed by atoms with E-state index in [0.717, 1.165) is 5.52 Å². The lowest BCUT2D eigenvalue weighted by molar-refractivity contribution is -0.117. The summed E-state index contributed by atoms with van der Waals surface area (Å²) in [7, 11) is 0. The van der Waals surface area contributed by atoms with Crippen LogP contribution in [-0.2, 0) is 16.1 Å². The molecule has 2 N–H and O–H groups in total. The largest absolute Gasteiger partial charge is 0.462 e. The molecule has 1 aromatic heterocycles. The van der Waals surface area contributed by atoms with Crippen LogP contribution < -0.4 is 10.6 Å². The van der Waals surface area contributed by atoms with Gasteiger partial charge in [-0.25, -0.2) is 14.6 Å². The molecule has 0 aliphatic carbocycles. The number of fused-ring (bicyclic) bond motifs is 1. The summed E-state index contributed by atoms with van der Waals surface area (Å²) in [5, 5.41) is 5.53. The summed E-state index contributed by atoms with van der Waals surface area (Å²) in [6.45, 7) is 8.32. The molecule has 0 saturated heterocycles. The standard InChI is InChI=1S/C18H24N4O4S/c1-5-22-14-8-7-12(16(24)26-6-2)9-13(14)20-18(22)27-10-15(23)21-17(25)19-11(3)4/h7-9,11H,5-6,10H2,1-4H3,(H2,19,21,23,25). The highest BCUT2D eigenvalue weighted by Crippen LogP contribution is 2.25. The lowest BCUT2D eigenvalue weighted by Crippen LogP contribution is -2.43. The van der Waals surface area contributed by atoms with Crippen molar-refractivity contribution in [2.45, 2.75) is 45.4 Å². The number of aromatic nitrogens is 2. The first-order valence-corrected chi connectivity index (χ1v) is 9.74. The zero-order valence-electron chi connectivity index (χ0n) is 15.9. The summed E-state index contributed by atoms with van der Waals surface area (Å²) in [5.74, 6) is -0.741. The van der Waals surface area contributed by atoms with Gasteiger partial charge in [-0.05, 0) is 45.9 Å². The minimum atomic E-state index is -0.515. The fourth-order valence-electron chi connectivity index (χ4n) is 2.46. The van der Waals surface area contributed by atoms with E-state index in [1.807, 2.05) is 31.4 Å². The Morgan fingerprint density at radius 1 is 1.26 bits per heavy atom. The Labute approximate surface area is 162 Å². The molecule has 2 rings (SSSR count). The van der Waals surface area contributed by atoms with Crippen molar-refractivity contribution in [3.63, 3.8) is 0 Å². The van der Waals surface area contributed by atoms with Crippen LogP contribution in [0.1, 0.15) is 38.1 Å². The van der Waals surface area contributed by atoms with Crippen molar-refractivity contribution in [3.05, 3.63) is 23.8 Å². The van der Waals surface area contributed by atoms with Crippen molar-refractivity contribution in [2.24, 2.45) is 0 Å². The van der Waals surface area contributed by atoms with Gasteiger partial charge < -0.3 is 14.6 Å². The number of rotatable bonds is 7. The zero-order chi connectivity index (χ0) is 20.0. The van der Waals surface area contributed by atoms with Gasteiger partial charge in [-0.3, -0.25) is 10.1 Å². The van der Waals surface area contributed by atoms with E-state index in [1.54, 1.807) is 19.1 Å². The number of ether oxygens (including phenoxy) is 1. The number of imidazole rings is 1. The molecule has 0 bridgehead atoms. The lowest BCUT2D eigenvalue weighted by Gasteiger charge is -2.09. The van der Waals surface area contributed by atoms with E-state index in [1.165, 1.54) is 11.8 Å². The minimum Gasteiger partial charge on any atom is -0.462 e. The Bertz CT molecular complexity index is 847. The number of hydrogen-bond donors (Lipinski definition) is 2. The molecule has 3 amide bonds. The number of benzene rings is 1. The minimum absolute atomic E-state index is 0.0525. The van der Waals surface area contributed by atoms with Crippen molar-refractivity contribution in [1.29, 1.82) is 0 Å². The molecule has 0 aliphatic rings. The van der Waals surface area contributed by atoms with Crippen LogP contribution in [-0.4, -0.2) is 45.9 Å². The topological polar surface area (TPSA) is 102 Å².